The first-order valence-corrected chi connectivity index (χ1v) is 7.44. The minimum absolute atomic E-state index is 1.04. The Morgan fingerprint density at radius 1 is 1.29 bits per heavy atom. The molecular formula is C14H14BrNS. The summed E-state index contributed by atoms with van der Waals surface area (Å²) >= 11 is 5.45. The van der Waals surface area contributed by atoms with Crippen LogP contribution in [-0.4, -0.2) is 6.54 Å². The monoisotopic (exact) mass is 307 g/mol. The van der Waals surface area contributed by atoms with E-state index in [1.54, 1.807) is 0 Å². The van der Waals surface area contributed by atoms with Gasteiger partial charge in [-0.15, -0.1) is 11.3 Å². The Morgan fingerprint density at radius 2 is 2.18 bits per heavy atom. The van der Waals surface area contributed by atoms with Gasteiger partial charge in [-0.1, -0.05) is 22.0 Å². The Morgan fingerprint density at radius 3 is 2.94 bits per heavy atom. The van der Waals surface area contributed by atoms with Crippen molar-refractivity contribution in [2.24, 2.45) is 0 Å². The van der Waals surface area contributed by atoms with Crippen LogP contribution in [0.4, 0.5) is 0 Å². The van der Waals surface area contributed by atoms with Crippen LogP contribution in [0.2, 0.25) is 0 Å². The fourth-order valence-electron chi connectivity index (χ4n) is 2.29. The number of hydrogen-bond acceptors (Lipinski definition) is 2. The lowest BCUT2D eigenvalue weighted by molar-refractivity contribution is 0.655. The number of nitrogens with one attached hydrogen (secondary N) is 1. The van der Waals surface area contributed by atoms with Crippen molar-refractivity contribution in [3.05, 3.63) is 44.7 Å². The van der Waals surface area contributed by atoms with E-state index in [2.05, 4.69) is 52.4 Å². The largest absolute Gasteiger partial charge is 0.312 e. The van der Waals surface area contributed by atoms with Gasteiger partial charge in [0, 0.05) is 20.8 Å². The number of aryl methyl sites for hydroxylation is 1. The van der Waals surface area contributed by atoms with Crippen molar-refractivity contribution < 1.29 is 0 Å². The normalized spacial score (nSPS) is 14.7. The van der Waals surface area contributed by atoms with Crippen molar-refractivity contribution in [3.63, 3.8) is 0 Å². The Kier molecular flexibility index (Phi) is 3.07. The van der Waals surface area contributed by atoms with Crippen molar-refractivity contribution in [2.75, 3.05) is 6.54 Å². The zero-order valence-electron chi connectivity index (χ0n) is 9.72. The van der Waals surface area contributed by atoms with Gasteiger partial charge < -0.3 is 5.32 Å². The van der Waals surface area contributed by atoms with E-state index in [0.717, 1.165) is 17.6 Å². The molecule has 0 amide bonds. The first-order chi connectivity index (χ1) is 8.24. The second kappa shape index (κ2) is 4.56. The second-order valence-corrected chi connectivity index (χ2v) is 6.50. The second-order valence-electron chi connectivity index (χ2n) is 4.45. The molecule has 3 heteroatoms. The van der Waals surface area contributed by atoms with Gasteiger partial charge in [0.15, 0.2) is 0 Å². The molecule has 0 fully saturated rings. The van der Waals surface area contributed by atoms with Crippen LogP contribution >= 0.6 is 27.3 Å². The molecule has 1 nitrogen and oxygen atoms in total. The van der Waals surface area contributed by atoms with E-state index in [1.165, 1.54) is 32.9 Å². The van der Waals surface area contributed by atoms with Crippen LogP contribution in [-0.2, 0) is 13.0 Å². The molecule has 3 rings (SSSR count). The summed E-state index contributed by atoms with van der Waals surface area (Å²) in [5, 5.41) is 3.43. The molecule has 1 aromatic carbocycles. The third-order valence-electron chi connectivity index (χ3n) is 3.21. The highest BCUT2D eigenvalue weighted by molar-refractivity contribution is 9.10. The molecule has 0 radical (unpaired) electrons. The maximum Gasteiger partial charge on any atom is 0.0351 e. The number of benzene rings is 1. The standard InChI is InChI=1S/C14H14BrNS/c1-9-6-11(15)2-3-12(9)13-7-10-4-5-16-8-14(10)17-13/h2-3,6-7,16H,4-5,8H2,1H3. The average molecular weight is 308 g/mol. The van der Waals surface area contributed by atoms with Gasteiger partial charge in [0.25, 0.3) is 0 Å². The van der Waals surface area contributed by atoms with Crippen LogP contribution in [0.15, 0.2) is 28.7 Å². The molecule has 0 saturated heterocycles. The summed E-state index contributed by atoms with van der Waals surface area (Å²) in [6.07, 6.45) is 1.17. The molecule has 2 heterocycles. The quantitative estimate of drug-likeness (QED) is 0.835. The molecule has 0 aliphatic carbocycles. The van der Waals surface area contributed by atoms with Gasteiger partial charge in [-0.3, -0.25) is 0 Å². The first-order valence-electron chi connectivity index (χ1n) is 5.83. The Bertz CT molecular complexity index is 536. The molecule has 1 N–H and O–H groups in total. The maximum absolute atomic E-state index is 3.52. The van der Waals surface area contributed by atoms with E-state index in [0.29, 0.717) is 0 Å². The summed E-state index contributed by atoms with van der Waals surface area (Å²) in [4.78, 5) is 2.91. The predicted molar refractivity (Wildman–Crippen MR) is 77.6 cm³/mol. The lowest BCUT2D eigenvalue weighted by Gasteiger charge is -2.10. The minimum Gasteiger partial charge on any atom is -0.312 e. The summed E-state index contributed by atoms with van der Waals surface area (Å²) in [5.74, 6) is 0. The van der Waals surface area contributed by atoms with Crippen LogP contribution < -0.4 is 5.32 Å². The third kappa shape index (κ3) is 2.19. The van der Waals surface area contributed by atoms with Crippen molar-refractivity contribution in [1.82, 2.24) is 5.32 Å². The van der Waals surface area contributed by atoms with Gasteiger partial charge in [0.1, 0.15) is 0 Å². The average Bonchev–Trinajstić information content (AvgIpc) is 2.72. The Labute approximate surface area is 114 Å². The minimum atomic E-state index is 1.04. The predicted octanol–water partition coefficient (Wildman–Crippen LogP) is 4.13. The van der Waals surface area contributed by atoms with Crippen molar-refractivity contribution in [1.29, 1.82) is 0 Å². The summed E-state index contributed by atoms with van der Waals surface area (Å²) in [5.41, 5.74) is 4.24. The number of thiophene rings is 1. The molecular weight excluding hydrogens is 294 g/mol. The first kappa shape index (κ1) is 11.5. The van der Waals surface area contributed by atoms with Gasteiger partial charge in [-0.05, 0) is 54.8 Å². The molecule has 1 aliphatic rings. The number of fused-ring (bicyclic) bond motifs is 1. The lowest BCUT2D eigenvalue weighted by atomic mass is 10.0. The molecule has 0 saturated carbocycles. The molecule has 1 aromatic heterocycles. The Hall–Kier alpha value is -0.640. The molecule has 0 unspecified atom stereocenters. The number of hydrogen-bond donors (Lipinski definition) is 1. The molecule has 0 spiro atoms. The van der Waals surface area contributed by atoms with Crippen LogP contribution in [0.1, 0.15) is 16.0 Å². The lowest BCUT2D eigenvalue weighted by Crippen LogP contribution is -2.21. The van der Waals surface area contributed by atoms with E-state index in [-0.39, 0.29) is 0 Å². The molecule has 17 heavy (non-hydrogen) atoms. The fourth-order valence-corrected chi connectivity index (χ4v) is 4.04. The highest BCUT2D eigenvalue weighted by atomic mass is 79.9. The highest BCUT2D eigenvalue weighted by Crippen LogP contribution is 2.35. The van der Waals surface area contributed by atoms with Gasteiger partial charge in [-0.2, -0.15) is 0 Å². The van der Waals surface area contributed by atoms with E-state index in [9.17, 15) is 0 Å². The maximum atomic E-state index is 3.52. The smallest absolute Gasteiger partial charge is 0.0351 e. The van der Waals surface area contributed by atoms with Crippen LogP contribution in [0.3, 0.4) is 0 Å². The van der Waals surface area contributed by atoms with Crippen LogP contribution in [0.25, 0.3) is 10.4 Å². The Balaban J connectivity index is 2.06. The van der Waals surface area contributed by atoms with E-state index in [4.69, 9.17) is 0 Å². The molecule has 88 valence electrons. The van der Waals surface area contributed by atoms with E-state index < -0.39 is 0 Å². The molecule has 2 aromatic rings. The van der Waals surface area contributed by atoms with Crippen LogP contribution in [0, 0.1) is 6.92 Å². The fraction of sp³-hybridized carbons (Fsp3) is 0.286. The third-order valence-corrected chi connectivity index (χ3v) is 4.91. The summed E-state index contributed by atoms with van der Waals surface area (Å²) in [7, 11) is 0. The molecule has 0 atom stereocenters. The van der Waals surface area contributed by atoms with Crippen molar-refractivity contribution in [2.45, 2.75) is 19.9 Å². The summed E-state index contributed by atoms with van der Waals surface area (Å²) in [6, 6.07) is 8.90. The van der Waals surface area contributed by atoms with Crippen molar-refractivity contribution in [3.8, 4) is 10.4 Å². The highest BCUT2D eigenvalue weighted by Gasteiger charge is 2.14. The van der Waals surface area contributed by atoms with Gasteiger partial charge in [-0.25, -0.2) is 0 Å². The summed E-state index contributed by atoms with van der Waals surface area (Å²) < 4.78 is 1.15. The topological polar surface area (TPSA) is 12.0 Å². The zero-order valence-corrected chi connectivity index (χ0v) is 12.1. The molecule has 0 bridgehead atoms. The van der Waals surface area contributed by atoms with E-state index in [1.807, 2.05) is 11.3 Å². The van der Waals surface area contributed by atoms with E-state index >= 15 is 0 Å². The SMILES string of the molecule is Cc1cc(Br)ccc1-c1cc2c(s1)CNCC2. The zero-order chi connectivity index (χ0) is 11.8. The number of halogens is 1. The van der Waals surface area contributed by atoms with Crippen LogP contribution in [0.5, 0.6) is 0 Å². The van der Waals surface area contributed by atoms with Gasteiger partial charge >= 0.3 is 0 Å². The number of rotatable bonds is 1. The van der Waals surface area contributed by atoms with Crippen molar-refractivity contribution >= 4 is 27.3 Å². The van der Waals surface area contributed by atoms with Gasteiger partial charge in [0.05, 0.1) is 0 Å². The summed E-state index contributed by atoms with van der Waals surface area (Å²) in [6.45, 7) is 4.33. The van der Waals surface area contributed by atoms with Gasteiger partial charge in [0.2, 0.25) is 0 Å². The molecule has 1 aliphatic heterocycles.